The first-order valence-electron chi connectivity index (χ1n) is 10.3. The number of anilines is 1. The molecule has 0 aliphatic carbocycles. The van der Waals surface area contributed by atoms with Crippen molar-refractivity contribution in [3.8, 4) is 56.8 Å². The third-order valence-electron chi connectivity index (χ3n) is 5.43. The Morgan fingerprint density at radius 3 is 1.88 bits per heavy atom. The third-order valence-corrected chi connectivity index (χ3v) is 5.43. The number of methoxy groups -OCH3 is 3. The average molecular weight is 437 g/mol. The predicted octanol–water partition coefficient (Wildman–Crippen LogP) is 5.56. The van der Waals surface area contributed by atoms with Crippen LogP contribution in [0, 0.1) is 11.3 Å². The fourth-order valence-electron chi connectivity index (χ4n) is 3.76. The number of aromatic nitrogens is 1. The Bertz CT molecular complexity index is 1300. The van der Waals surface area contributed by atoms with E-state index in [1.54, 1.807) is 33.5 Å². The lowest BCUT2D eigenvalue weighted by Gasteiger charge is -2.17. The van der Waals surface area contributed by atoms with Crippen LogP contribution in [-0.4, -0.2) is 26.3 Å². The Labute approximate surface area is 192 Å². The lowest BCUT2D eigenvalue weighted by Crippen LogP contribution is -2.02. The smallest absolute Gasteiger partial charge is 0.142 e. The van der Waals surface area contributed by atoms with Crippen LogP contribution < -0.4 is 19.9 Å². The van der Waals surface area contributed by atoms with Gasteiger partial charge in [0.25, 0.3) is 0 Å². The minimum absolute atomic E-state index is 0.136. The van der Waals surface area contributed by atoms with E-state index in [0.29, 0.717) is 34.1 Å². The van der Waals surface area contributed by atoms with Gasteiger partial charge in [-0.3, -0.25) is 0 Å². The molecule has 0 saturated heterocycles. The molecule has 0 radical (unpaired) electrons. The number of rotatable bonds is 6. The van der Waals surface area contributed by atoms with Gasteiger partial charge in [0, 0.05) is 23.3 Å². The van der Waals surface area contributed by atoms with Crippen molar-refractivity contribution in [1.29, 1.82) is 5.26 Å². The number of nitriles is 1. The minimum atomic E-state index is 0.136. The lowest BCUT2D eigenvalue weighted by atomic mass is 9.96. The molecule has 0 saturated carbocycles. The maximum Gasteiger partial charge on any atom is 0.142 e. The van der Waals surface area contributed by atoms with Gasteiger partial charge in [-0.15, -0.1) is 0 Å². The Kier molecular flexibility index (Phi) is 6.14. The zero-order valence-corrected chi connectivity index (χ0v) is 18.6. The summed E-state index contributed by atoms with van der Waals surface area (Å²) >= 11 is 0. The van der Waals surface area contributed by atoms with Crippen LogP contribution in [-0.2, 0) is 0 Å². The van der Waals surface area contributed by atoms with Crippen LogP contribution in [0.25, 0.3) is 33.5 Å². The number of benzene rings is 3. The van der Waals surface area contributed by atoms with Crippen molar-refractivity contribution in [2.24, 2.45) is 0 Å². The average Bonchev–Trinajstić information content (AvgIpc) is 2.87. The first kappa shape index (κ1) is 21.7. The van der Waals surface area contributed by atoms with E-state index in [1.165, 1.54) is 0 Å². The number of pyridine rings is 1. The summed E-state index contributed by atoms with van der Waals surface area (Å²) in [6, 6.07) is 25.7. The molecule has 0 aliphatic rings. The summed E-state index contributed by atoms with van der Waals surface area (Å²) in [5.41, 5.74) is 11.4. The standard InChI is InChI=1S/C27H23N3O3/c1-31-20-13-24(32-2)26(25(14-20)33-3)21-15-23(30-27(29)22(21)16-28)19-11-9-18(10-12-19)17-7-5-4-6-8-17/h4-15H,1-3H3,(H2,29,30). The van der Waals surface area contributed by atoms with Gasteiger partial charge in [-0.1, -0.05) is 54.6 Å². The van der Waals surface area contributed by atoms with Gasteiger partial charge in [-0.25, -0.2) is 4.98 Å². The Balaban J connectivity index is 1.88. The minimum Gasteiger partial charge on any atom is -0.496 e. The van der Waals surface area contributed by atoms with E-state index in [-0.39, 0.29) is 11.4 Å². The maximum atomic E-state index is 9.84. The van der Waals surface area contributed by atoms with Crippen LogP contribution >= 0.6 is 0 Å². The SMILES string of the molecule is COc1cc(OC)c(-c2cc(-c3ccc(-c4ccccc4)cc3)nc(N)c2C#N)c(OC)c1. The molecule has 4 rings (SSSR count). The molecule has 6 nitrogen and oxygen atoms in total. The van der Waals surface area contributed by atoms with Crippen molar-refractivity contribution in [2.45, 2.75) is 0 Å². The molecule has 33 heavy (non-hydrogen) atoms. The monoisotopic (exact) mass is 437 g/mol. The first-order valence-corrected chi connectivity index (χ1v) is 10.3. The van der Waals surface area contributed by atoms with Gasteiger partial charge in [-0.2, -0.15) is 5.26 Å². The van der Waals surface area contributed by atoms with Gasteiger partial charge in [0.2, 0.25) is 0 Å². The summed E-state index contributed by atoms with van der Waals surface area (Å²) in [5.74, 6) is 1.71. The molecular weight excluding hydrogens is 414 g/mol. The van der Waals surface area contributed by atoms with Gasteiger partial charge in [0.05, 0.1) is 32.6 Å². The van der Waals surface area contributed by atoms with Gasteiger partial charge in [0.15, 0.2) is 0 Å². The number of ether oxygens (including phenoxy) is 3. The predicted molar refractivity (Wildman–Crippen MR) is 129 cm³/mol. The molecule has 1 heterocycles. The van der Waals surface area contributed by atoms with Crippen molar-refractivity contribution < 1.29 is 14.2 Å². The molecule has 0 spiro atoms. The molecule has 0 atom stereocenters. The summed E-state index contributed by atoms with van der Waals surface area (Å²) < 4.78 is 16.6. The summed E-state index contributed by atoms with van der Waals surface area (Å²) in [5, 5.41) is 9.84. The highest BCUT2D eigenvalue weighted by Gasteiger charge is 2.21. The number of nitrogens with two attached hydrogens (primary N) is 1. The molecule has 0 aliphatic heterocycles. The third kappa shape index (κ3) is 4.17. The molecule has 164 valence electrons. The number of nitrogen functional groups attached to an aromatic ring is 1. The molecule has 0 fully saturated rings. The molecule has 2 N–H and O–H groups in total. The van der Waals surface area contributed by atoms with Crippen molar-refractivity contribution in [3.63, 3.8) is 0 Å². The second kappa shape index (κ2) is 9.33. The van der Waals surface area contributed by atoms with Crippen LogP contribution in [0.15, 0.2) is 72.8 Å². The molecule has 0 bridgehead atoms. The van der Waals surface area contributed by atoms with E-state index < -0.39 is 0 Å². The number of nitrogens with zero attached hydrogens (tertiary/aromatic N) is 2. The molecule has 0 unspecified atom stereocenters. The number of hydrogen-bond donors (Lipinski definition) is 1. The van der Waals surface area contributed by atoms with Crippen molar-refractivity contribution >= 4 is 5.82 Å². The van der Waals surface area contributed by atoms with Crippen molar-refractivity contribution in [3.05, 3.63) is 78.4 Å². The van der Waals surface area contributed by atoms with E-state index in [1.807, 2.05) is 48.5 Å². The maximum absolute atomic E-state index is 9.84. The van der Waals surface area contributed by atoms with Crippen LogP contribution in [0.1, 0.15) is 5.56 Å². The van der Waals surface area contributed by atoms with E-state index >= 15 is 0 Å². The van der Waals surface area contributed by atoms with E-state index in [2.05, 4.69) is 23.2 Å². The number of hydrogen-bond acceptors (Lipinski definition) is 6. The van der Waals surface area contributed by atoms with Crippen LogP contribution in [0.4, 0.5) is 5.82 Å². The normalized spacial score (nSPS) is 10.4. The first-order chi connectivity index (χ1) is 16.1. The Hall–Kier alpha value is -4.50. The molecule has 0 amide bonds. The zero-order valence-electron chi connectivity index (χ0n) is 18.6. The highest BCUT2D eigenvalue weighted by atomic mass is 16.5. The van der Waals surface area contributed by atoms with E-state index in [0.717, 1.165) is 16.7 Å². The highest BCUT2D eigenvalue weighted by Crippen LogP contribution is 2.44. The van der Waals surface area contributed by atoms with Crippen LogP contribution in [0.3, 0.4) is 0 Å². The summed E-state index contributed by atoms with van der Waals surface area (Å²) in [6.45, 7) is 0. The molecule has 3 aromatic carbocycles. The summed E-state index contributed by atoms with van der Waals surface area (Å²) in [7, 11) is 4.67. The highest BCUT2D eigenvalue weighted by molar-refractivity contribution is 5.87. The second-order valence-electron chi connectivity index (χ2n) is 7.28. The van der Waals surface area contributed by atoms with Gasteiger partial charge in [0.1, 0.15) is 34.7 Å². The largest absolute Gasteiger partial charge is 0.496 e. The summed E-state index contributed by atoms with van der Waals surface area (Å²) in [4.78, 5) is 4.50. The molecular formula is C27H23N3O3. The Morgan fingerprint density at radius 1 is 0.758 bits per heavy atom. The fraction of sp³-hybridized carbons (Fsp3) is 0.111. The second-order valence-corrected chi connectivity index (χ2v) is 7.28. The van der Waals surface area contributed by atoms with E-state index in [9.17, 15) is 5.26 Å². The lowest BCUT2D eigenvalue weighted by molar-refractivity contribution is 0.377. The summed E-state index contributed by atoms with van der Waals surface area (Å²) in [6.07, 6.45) is 0. The van der Waals surface area contributed by atoms with Crippen LogP contribution in [0.2, 0.25) is 0 Å². The topological polar surface area (TPSA) is 90.4 Å². The van der Waals surface area contributed by atoms with Crippen molar-refractivity contribution in [1.82, 2.24) is 4.98 Å². The van der Waals surface area contributed by atoms with Crippen LogP contribution in [0.5, 0.6) is 17.2 Å². The molecule has 6 heteroatoms. The van der Waals surface area contributed by atoms with E-state index in [4.69, 9.17) is 19.9 Å². The quantitative estimate of drug-likeness (QED) is 0.425. The molecule has 4 aromatic rings. The van der Waals surface area contributed by atoms with Crippen molar-refractivity contribution in [2.75, 3.05) is 27.1 Å². The fourth-order valence-corrected chi connectivity index (χ4v) is 3.76. The van der Waals surface area contributed by atoms with Gasteiger partial charge >= 0.3 is 0 Å². The zero-order chi connectivity index (χ0) is 23.4. The van der Waals surface area contributed by atoms with Gasteiger partial charge in [-0.05, 0) is 17.2 Å². The Morgan fingerprint density at radius 2 is 1.33 bits per heavy atom. The van der Waals surface area contributed by atoms with Gasteiger partial charge < -0.3 is 19.9 Å². The molecule has 1 aromatic heterocycles.